The van der Waals surface area contributed by atoms with Crippen molar-refractivity contribution in [3.05, 3.63) is 84.3 Å². The molecular weight excluding hydrogens is 624 g/mol. The average Bonchev–Trinajstić information content (AvgIpc) is 3.51. The number of hydrogen-bond acceptors (Lipinski definition) is 7. The van der Waals surface area contributed by atoms with Gasteiger partial charge in [-0.3, -0.25) is 14.4 Å². The number of amides is 4. The summed E-state index contributed by atoms with van der Waals surface area (Å²) in [6, 6.07) is 17.1. The van der Waals surface area contributed by atoms with Crippen molar-refractivity contribution in [1.82, 2.24) is 25.1 Å². The molecule has 2 aromatic carbocycles. The van der Waals surface area contributed by atoms with E-state index in [0.717, 1.165) is 30.4 Å². The zero-order valence-electron chi connectivity index (χ0n) is 29.4. The van der Waals surface area contributed by atoms with Crippen LogP contribution in [0.2, 0.25) is 0 Å². The van der Waals surface area contributed by atoms with Gasteiger partial charge in [-0.25, -0.2) is 9.78 Å². The third-order valence-corrected chi connectivity index (χ3v) is 8.40. The van der Waals surface area contributed by atoms with Crippen molar-refractivity contribution in [1.29, 1.82) is 0 Å². The summed E-state index contributed by atoms with van der Waals surface area (Å²) in [4.78, 5) is 59.8. The number of rotatable bonds is 13. The molecule has 4 rings (SSSR count). The number of piperidine rings is 1. The first-order valence-electron chi connectivity index (χ1n) is 16.9. The maximum atomic E-state index is 13.9. The van der Waals surface area contributed by atoms with Gasteiger partial charge < -0.3 is 34.9 Å². The normalized spacial score (nSPS) is 15.2. The smallest absolute Gasteiger partial charge is 0.408 e. The lowest BCUT2D eigenvalue weighted by molar-refractivity contribution is -0.135. The van der Waals surface area contributed by atoms with Gasteiger partial charge in [-0.1, -0.05) is 74.0 Å². The van der Waals surface area contributed by atoms with Gasteiger partial charge in [-0.15, -0.1) is 0 Å². The number of benzene rings is 2. The van der Waals surface area contributed by atoms with Gasteiger partial charge in [-0.05, 0) is 64.5 Å². The molecule has 0 spiro atoms. The van der Waals surface area contributed by atoms with Gasteiger partial charge in [0.05, 0.1) is 19.5 Å². The fourth-order valence-electron chi connectivity index (χ4n) is 5.57. The Morgan fingerprint density at radius 2 is 1.57 bits per heavy atom. The van der Waals surface area contributed by atoms with Gasteiger partial charge >= 0.3 is 6.09 Å². The SMILES string of the molecule is CCC1CCN(C(=O)C(c2ccccc2)n2cnc(NC(=O)C(COCc3ccccc3)NC(=O)C(C)(C)NC(=O)OC(C)(C)C)c2)CC1. The van der Waals surface area contributed by atoms with Crippen LogP contribution in [0.5, 0.6) is 0 Å². The molecule has 2 unspecified atom stereocenters. The minimum Gasteiger partial charge on any atom is -0.444 e. The fraction of sp³-hybridized carbons (Fsp3) is 0.486. The van der Waals surface area contributed by atoms with Crippen LogP contribution in [0.15, 0.2) is 73.2 Å². The molecule has 12 nitrogen and oxygen atoms in total. The number of carbonyl (C=O) groups excluding carboxylic acids is 4. The number of anilines is 1. The molecule has 4 amide bonds. The highest BCUT2D eigenvalue weighted by molar-refractivity contribution is 5.98. The number of nitrogens with one attached hydrogen (secondary N) is 3. The first-order valence-corrected chi connectivity index (χ1v) is 16.9. The molecule has 12 heteroatoms. The van der Waals surface area contributed by atoms with Crippen LogP contribution in [0.25, 0.3) is 0 Å². The molecule has 1 aliphatic heterocycles. The Labute approximate surface area is 288 Å². The number of alkyl carbamates (subject to hydrolysis) is 1. The van der Waals surface area contributed by atoms with Crippen LogP contribution in [0.4, 0.5) is 10.6 Å². The third kappa shape index (κ3) is 10.9. The molecular formula is C37H50N6O6. The van der Waals surface area contributed by atoms with Crippen LogP contribution in [0, 0.1) is 5.92 Å². The number of imidazole rings is 1. The van der Waals surface area contributed by atoms with Gasteiger partial charge in [0.1, 0.15) is 23.2 Å². The first kappa shape index (κ1) is 37.1. The van der Waals surface area contributed by atoms with E-state index < -0.39 is 41.1 Å². The quantitative estimate of drug-likeness (QED) is 0.230. The number of carbonyl (C=O) groups is 4. The van der Waals surface area contributed by atoms with Gasteiger partial charge in [-0.2, -0.15) is 0 Å². The Hall–Kier alpha value is -4.71. The van der Waals surface area contributed by atoms with Crippen LogP contribution >= 0.6 is 0 Å². The molecule has 2 atom stereocenters. The first-order chi connectivity index (χ1) is 23.3. The standard InChI is InChI=1S/C37H50N6O6/c1-7-26-18-20-42(21-19-26)33(45)31(28-16-12-9-13-17-28)43-22-30(38-25-43)40-32(44)29(24-48-23-27-14-10-8-11-15-27)39-34(46)37(5,6)41-35(47)49-36(2,3)4/h8-17,22,25-26,29,31H,7,18-21,23-24H2,1-6H3,(H,39,46)(H,40,44)(H,41,47). The van der Waals surface area contributed by atoms with Gasteiger partial charge in [0.25, 0.3) is 5.91 Å². The lowest BCUT2D eigenvalue weighted by Crippen LogP contribution is -2.59. The maximum Gasteiger partial charge on any atom is 0.408 e. The van der Waals surface area contributed by atoms with Crippen LogP contribution in [0.1, 0.15) is 78.0 Å². The second kappa shape index (κ2) is 16.6. The Bertz CT molecular complexity index is 1540. The van der Waals surface area contributed by atoms with E-state index in [0.29, 0.717) is 19.0 Å². The average molecular weight is 675 g/mol. The second-order valence-corrected chi connectivity index (χ2v) is 14.0. The summed E-state index contributed by atoms with van der Waals surface area (Å²) in [5.41, 5.74) is -0.477. The largest absolute Gasteiger partial charge is 0.444 e. The summed E-state index contributed by atoms with van der Waals surface area (Å²) in [5.74, 6) is -0.400. The van der Waals surface area contributed by atoms with Crippen LogP contribution in [-0.2, 0) is 30.5 Å². The zero-order valence-corrected chi connectivity index (χ0v) is 29.4. The highest BCUT2D eigenvalue weighted by Gasteiger charge is 2.35. The van der Waals surface area contributed by atoms with Crippen molar-refractivity contribution in [3.8, 4) is 0 Å². The van der Waals surface area contributed by atoms with Crippen molar-refractivity contribution in [3.63, 3.8) is 0 Å². The van der Waals surface area contributed by atoms with Gasteiger partial charge in [0.2, 0.25) is 11.8 Å². The van der Waals surface area contributed by atoms with Crippen molar-refractivity contribution >= 4 is 29.6 Å². The van der Waals surface area contributed by atoms with E-state index in [1.807, 2.05) is 65.6 Å². The molecule has 1 aromatic heterocycles. The van der Waals surface area contributed by atoms with Crippen molar-refractivity contribution in [2.45, 2.75) is 90.6 Å². The predicted octanol–water partition coefficient (Wildman–Crippen LogP) is 5.06. The highest BCUT2D eigenvalue weighted by Crippen LogP contribution is 2.27. The highest BCUT2D eigenvalue weighted by atomic mass is 16.6. The maximum absolute atomic E-state index is 13.9. The van der Waals surface area contributed by atoms with E-state index in [4.69, 9.17) is 9.47 Å². The minimum absolute atomic E-state index is 0.0322. The topological polar surface area (TPSA) is 144 Å². The van der Waals surface area contributed by atoms with E-state index in [1.165, 1.54) is 20.2 Å². The van der Waals surface area contributed by atoms with E-state index >= 15 is 0 Å². The minimum atomic E-state index is -1.42. The van der Waals surface area contributed by atoms with Crippen molar-refractivity contribution in [2.75, 3.05) is 25.0 Å². The molecule has 0 radical (unpaired) electrons. The molecule has 2 heterocycles. The molecule has 1 aliphatic rings. The van der Waals surface area contributed by atoms with Crippen molar-refractivity contribution in [2.24, 2.45) is 5.92 Å². The number of hydrogen-bond donors (Lipinski definition) is 3. The Morgan fingerprint density at radius 3 is 2.18 bits per heavy atom. The van der Waals surface area contributed by atoms with E-state index in [1.54, 1.807) is 31.5 Å². The molecule has 49 heavy (non-hydrogen) atoms. The molecule has 3 N–H and O–H groups in total. The van der Waals surface area contributed by atoms with E-state index in [-0.39, 0.29) is 24.9 Å². The summed E-state index contributed by atoms with van der Waals surface area (Å²) < 4.78 is 12.9. The Kier molecular flexibility index (Phi) is 12.6. The number of ether oxygens (including phenoxy) is 2. The third-order valence-electron chi connectivity index (χ3n) is 8.40. The number of aromatic nitrogens is 2. The summed E-state index contributed by atoms with van der Waals surface area (Å²) in [7, 11) is 0. The predicted molar refractivity (Wildman–Crippen MR) is 187 cm³/mol. The van der Waals surface area contributed by atoms with Crippen LogP contribution in [-0.4, -0.2) is 75.1 Å². The number of nitrogens with zero attached hydrogens (tertiary/aromatic N) is 3. The summed E-state index contributed by atoms with van der Waals surface area (Å²) in [6.45, 7) is 11.8. The molecule has 1 fully saturated rings. The fourth-order valence-corrected chi connectivity index (χ4v) is 5.57. The molecule has 0 aliphatic carbocycles. The summed E-state index contributed by atoms with van der Waals surface area (Å²) in [6.07, 6.45) is 5.42. The zero-order chi connectivity index (χ0) is 35.6. The Balaban J connectivity index is 1.50. The lowest BCUT2D eigenvalue weighted by Gasteiger charge is -2.34. The van der Waals surface area contributed by atoms with Gasteiger partial charge in [0, 0.05) is 19.3 Å². The summed E-state index contributed by atoms with van der Waals surface area (Å²) in [5, 5.41) is 8.06. The molecule has 0 saturated carbocycles. The van der Waals surface area contributed by atoms with Gasteiger partial charge in [0.15, 0.2) is 5.82 Å². The van der Waals surface area contributed by atoms with Crippen LogP contribution in [0.3, 0.4) is 0 Å². The second-order valence-electron chi connectivity index (χ2n) is 14.0. The summed E-state index contributed by atoms with van der Waals surface area (Å²) >= 11 is 0. The van der Waals surface area contributed by atoms with E-state index in [2.05, 4.69) is 27.9 Å². The molecule has 0 bridgehead atoms. The van der Waals surface area contributed by atoms with Crippen molar-refractivity contribution < 1.29 is 28.7 Å². The Morgan fingerprint density at radius 1 is 0.939 bits per heavy atom. The lowest BCUT2D eigenvalue weighted by atomic mass is 9.93. The van der Waals surface area contributed by atoms with E-state index in [9.17, 15) is 19.2 Å². The molecule has 264 valence electrons. The molecule has 1 saturated heterocycles. The monoisotopic (exact) mass is 674 g/mol. The number of likely N-dealkylation sites (tertiary alicyclic amines) is 1. The molecule has 3 aromatic rings. The van der Waals surface area contributed by atoms with Crippen LogP contribution < -0.4 is 16.0 Å².